The fraction of sp³-hybridized carbons (Fsp3) is 0.674. The largest absolute Gasteiger partial charge is 0.456 e. The first-order chi connectivity index (χ1) is 30.1. The van der Waals surface area contributed by atoms with E-state index in [1.54, 1.807) is 58.0 Å². The van der Waals surface area contributed by atoms with Crippen molar-refractivity contribution in [2.24, 2.45) is 16.7 Å². The molecule has 0 spiro atoms. The van der Waals surface area contributed by atoms with Crippen LogP contribution in [0.3, 0.4) is 0 Å². The molecule has 2 aromatic rings. The summed E-state index contributed by atoms with van der Waals surface area (Å²) >= 11 is 0. The van der Waals surface area contributed by atoms with Gasteiger partial charge in [0.15, 0.2) is 18.0 Å². The molecule has 3 saturated heterocycles. The topological polar surface area (TPSA) is 235 Å². The number of carbonyl (C=O) groups is 4. The molecule has 6 aliphatic rings. The van der Waals surface area contributed by atoms with Crippen LogP contribution in [-0.4, -0.2) is 141 Å². The molecule has 2 bridgehead atoms. The maximum absolute atomic E-state index is 14.5. The van der Waals surface area contributed by atoms with Gasteiger partial charge in [-0.25, -0.2) is 19.4 Å². The number of likely N-dealkylation sites (tertiary alicyclic amines) is 1. The molecule has 350 valence electrons. The highest BCUT2D eigenvalue weighted by atomic mass is 16.7. The minimum atomic E-state index is -2.11. The van der Waals surface area contributed by atoms with E-state index in [2.05, 4.69) is 15.2 Å². The van der Waals surface area contributed by atoms with E-state index in [9.17, 15) is 34.5 Å². The summed E-state index contributed by atoms with van der Waals surface area (Å²) in [6.07, 6.45) is -5.08. The lowest BCUT2D eigenvalue weighted by Crippen LogP contribution is -2.79. The average molecular weight is 896 g/mol. The lowest BCUT2D eigenvalue weighted by atomic mass is 9.45. The van der Waals surface area contributed by atoms with Crippen LogP contribution in [0.25, 0.3) is 0 Å². The number of aliphatic hydroxyl groups is 3. The Labute approximate surface area is 371 Å². The number of carbonyl (C=O) groups excluding carboxylic acids is 4. The lowest BCUT2D eigenvalue weighted by molar-refractivity contribution is -0.345. The third-order valence-corrected chi connectivity index (χ3v) is 14.6. The number of ether oxygens (including phenoxy) is 7. The highest BCUT2D eigenvalue weighted by molar-refractivity contribution is 5.89. The summed E-state index contributed by atoms with van der Waals surface area (Å²) in [5, 5.41) is 38.1. The summed E-state index contributed by atoms with van der Waals surface area (Å²) < 4.78 is 50.2. The number of hydrogen-bond acceptors (Lipinski definition) is 17. The predicted molar refractivity (Wildman–Crippen MR) is 222 cm³/mol. The quantitative estimate of drug-likeness (QED) is 0.144. The fourth-order valence-electron chi connectivity index (χ4n) is 11.3. The highest BCUT2D eigenvalue weighted by Gasteiger charge is 2.77. The van der Waals surface area contributed by atoms with Crippen LogP contribution in [0.1, 0.15) is 103 Å². The van der Waals surface area contributed by atoms with E-state index in [1.165, 1.54) is 19.4 Å². The molecule has 0 radical (unpaired) electrons. The second-order valence-electron chi connectivity index (χ2n) is 19.9. The van der Waals surface area contributed by atoms with Crippen molar-refractivity contribution in [1.29, 1.82) is 0 Å². The molecule has 4 N–H and O–H groups in total. The Bertz CT molecular complexity index is 2120. The van der Waals surface area contributed by atoms with E-state index in [4.69, 9.17) is 37.6 Å². The van der Waals surface area contributed by atoms with Crippen LogP contribution >= 0.6 is 0 Å². The van der Waals surface area contributed by atoms with Gasteiger partial charge in [0.1, 0.15) is 47.9 Å². The molecule has 2 saturated carbocycles. The smallest absolute Gasteiger partial charge is 0.408 e. The van der Waals surface area contributed by atoms with Crippen LogP contribution in [0, 0.1) is 16.7 Å². The molecule has 18 heteroatoms. The number of oxazole rings is 1. The van der Waals surface area contributed by atoms with E-state index in [1.807, 2.05) is 20.8 Å². The number of aromatic nitrogens is 1. The molecule has 1 aromatic carbocycles. The van der Waals surface area contributed by atoms with Gasteiger partial charge < -0.3 is 58.2 Å². The zero-order valence-electron chi connectivity index (χ0n) is 37.6. The molecule has 5 fully saturated rings. The number of benzene rings is 1. The van der Waals surface area contributed by atoms with Gasteiger partial charge in [-0.05, 0) is 70.2 Å². The molecule has 64 heavy (non-hydrogen) atoms. The Kier molecular flexibility index (Phi) is 12.1. The Balaban J connectivity index is 1.26. The molecule has 18 nitrogen and oxygen atoms in total. The van der Waals surface area contributed by atoms with E-state index in [-0.39, 0.29) is 37.1 Å². The molecule has 13 atom stereocenters. The zero-order valence-corrected chi connectivity index (χ0v) is 37.6. The number of aliphatic hydroxyl groups excluding tert-OH is 2. The third-order valence-electron chi connectivity index (χ3n) is 14.6. The number of amides is 1. The highest BCUT2D eigenvalue weighted by Crippen LogP contribution is 2.66. The zero-order chi connectivity index (χ0) is 46.1. The molecular weight excluding hydrogens is 835 g/mol. The number of hydrogen-bond donors (Lipinski definition) is 4. The minimum absolute atomic E-state index is 0.0342. The van der Waals surface area contributed by atoms with Gasteiger partial charge in [0.25, 0.3) is 0 Å². The first-order valence-corrected chi connectivity index (χ1v) is 22.1. The van der Waals surface area contributed by atoms with E-state index < -0.39 is 107 Å². The number of rotatable bonds is 11. The summed E-state index contributed by atoms with van der Waals surface area (Å²) in [5.41, 5.74) is -5.53. The number of alkyl carbamates (subject to hydrolysis) is 1. The summed E-state index contributed by atoms with van der Waals surface area (Å²) in [7, 11) is 0. The second-order valence-corrected chi connectivity index (χ2v) is 19.9. The van der Waals surface area contributed by atoms with Gasteiger partial charge in [-0.2, -0.15) is 0 Å². The number of esters is 3. The van der Waals surface area contributed by atoms with Crippen molar-refractivity contribution >= 4 is 24.0 Å². The Hall–Kier alpha value is -4.43. The fourth-order valence-corrected chi connectivity index (χ4v) is 11.3. The normalized spacial score (nSPS) is 36.2. The van der Waals surface area contributed by atoms with Crippen LogP contribution in [0.2, 0.25) is 0 Å². The first-order valence-electron chi connectivity index (χ1n) is 22.1. The summed E-state index contributed by atoms with van der Waals surface area (Å²) in [4.78, 5) is 61.1. The van der Waals surface area contributed by atoms with Crippen molar-refractivity contribution in [3.63, 3.8) is 0 Å². The molecular formula is C46H61N3O15. The summed E-state index contributed by atoms with van der Waals surface area (Å²) in [6.45, 7) is 14.6. The molecule has 3 aliphatic heterocycles. The molecule has 8 rings (SSSR count). The number of nitrogens with zero attached hydrogens (tertiary/aromatic N) is 2. The monoisotopic (exact) mass is 895 g/mol. The van der Waals surface area contributed by atoms with Gasteiger partial charge in [0.05, 0.1) is 37.0 Å². The molecule has 0 unspecified atom stereocenters. The van der Waals surface area contributed by atoms with Crippen LogP contribution in [0.4, 0.5) is 4.79 Å². The predicted octanol–water partition coefficient (Wildman–Crippen LogP) is 3.52. The maximum atomic E-state index is 14.5. The van der Waals surface area contributed by atoms with Gasteiger partial charge in [0.2, 0.25) is 5.89 Å². The van der Waals surface area contributed by atoms with Crippen LogP contribution < -0.4 is 5.32 Å². The molecule has 1 aromatic heterocycles. The van der Waals surface area contributed by atoms with Gasteiger partial charge in [-0.1, -0.05) is 39.0 Å². The van der Waals surface area contributed by atoms with Gasteiger partial charge >= 0.3 is 24.0 Å². The van der Waals surface area contributed by atoms with Crippen LogP contribution in [0.15, 0.2) is 58.4 Å². The SMILES string of the molecule is CC(=O)O[C@@]12CO[C@@H]1CC[C@@]1(C)[C@@H]3O[C@H](CN4CC[C@H]4CO)O[C@@H]3C3=C(C)[C@@H](OC(=O)[C@H](O)[C@@H](NC(=O)OC(C)(C)C)c4ncco4)C[C@@](O)([C@@H](OC(=O)c4ccccc4)[C@@H]12)C3(C)C. The molecule has 4 heterocycles. The standard InChI is InChI=1S/C46H61N3O15/c1-24-28(59-40(54)33(52)32(38-47-17-19-57-38)48-41(55)64-42(3,4)5)20-46(56)37(62-39(53)26-12-10-9-11-13-26)35-44(8,16-14-29-45(35,23-58-29)63-25(2)51)36-34(31(24)43(46,6)7)60-30(61-36)21-49-18-15-27(49)22-50/h9-13,17,19,27-30,32-37,50,52,56H,14-16,18,20-23H2,1-8H3,(H,48,55)/t27-,28-,29+,30+,32+,33+,34+,35-,36+,37-,44+,45-,46+/m0/s1. The van der Waals surface area contributed by atoms with Crippen LogP contribution in [-0.2, 0) is 42.7 Å². The van der Waals surface area contributed by atoms with Crippen molar-refractivity contribution in [3.05, 3.63) is 65.4 Å². The van der Waals surface area contributed by atoms with Crippen molar-refractivity contribution in [3.8, 4) is 0 Å². The van der Waals surface area contributed by atoms with Crippen LogP contribution in [0.5, 0.6) is 0 Å². The van der Waals surface area contributed by atoms with E-state index >= 15 is 0 Å². The summed E-state index contributed by atoms with van der Waals surface area (Å²) in [5.74, 6) is -3.72. The van der Waals surface area contributed by atoms with Gasteiger partial charge in [-0.15, -0.1) is 0 Å². The molecule has 3 aliphatic carbocycles. The van der Waals surface area contributed by atoms with E-state index in [0.717, 1.165) is 13.0 Å². The van der Waals surface area contributed by atoms with Gasteiger partial charge in [-0.3, -0.25) is 9.69 Å². The number of nitrogens with one attached hydrogen (secondary N) is 1. The summed E-state index contributed by atoms with van der Waals surface area (Å²) in [6, 6.07) is 6.71. The molecule has 1 amide bonds. The van der Waals surface area contributed by atoms with Crippen molar-refractivity contribution in [2.45, 2.75) is 153 Å². The minimum Gasteiger partial charge on any atom is -0.456 e. The lowest BCUT2D eigenvalue weighted by Gasteiger charge is -2.68. The van der Waals surface area contributed by atoms with Crippen molar-refractivity contribution < 1.29 is 72.1 Å². The third kappa shape index (κ3) is 7.81. The maximum Gasteiger partial charge on any atom is 0.408 e. The Morgan fingerprint density at radius 2 is 1.80 bits per heavy atom. The number of fused-ring (bicyclic) bond motifs is 8. The average Bonchev–Trinajstić information content (AvgIpc) is 3.89. The first kappa shape index (κ1) is 46.1. The Morgan fingerprint density at radius 3 is 2.39 bits per heavy atom. The van der Waals surface area contributed by atoms with E-state index in [0.29, 0.717) is 30.5 Å². The van der Waals surface area contributed by atoms with Crippen molar-refractivity contribution in [2.75, 3.05) is 26.3 Å². The van der Waals surface area contributed by atoms with Gasteiger partial charge in [0, 0.05) is 43.3 Å². The Morgan fingerprint density at radius 1 is 1.06 bits per heavy atom. The van der Waals surface area contributed by atoms with Crippen molar-refractivity contribution in [1.82, 2.24) is 15.2 Å². The second kappa shape index (κ2) is 16.8.